The van der Waals surface area contributed by atoms with Gasteiger partial charge in [0.1, 0.15) is 11.6 Å². The number of nitrogens with zero attached hydrogens (tertiary/aromatic N) is 2. The minimum absolute atomic E-state index is 0.00620. The van der Waals surface area contributed by atoms with E-state index >= 15 is 0 Å². The van der Waals surface area contributed by atoms with Gasteiger partial charge in [-0.1, -0.05) is 19.0 Å². The molecule has 2 rings (SSSR count). The lowest BCUT2D eigenvalue weighted by molar-refractivity contribution is 0.398. The largest absolute Gasteiger partial charge is 0.334 e. The van der Waals surface area contributed by atoms with Gasteiger partial charge in [0.15, 0.2) is 5.82 Å². The number of hydrogen-bond donors (Lipinski definition) is 1. The summed E-state index contributed by atoms with van der Waals surface area (Å²) in [6.07, 6.45) is 0. The fourth-order valence-electron chi connectivity index (χ4n) is 1.60. The Morgan fingerprint density at radius 1 is 1.21 bits per heavy atom. The van der Waals surface area contributed by atoms with E-state index in [9.17, 15) is 8.78 Å². The van der Waals surface area contributed by atoms with E-state index in [1.165, 1.54) is 13.0 Å². The van der Waals surface area contributed by atoms with E-state index in [0.717, 1.165) is 6.07 Å². The predicted octanol–water partition coefficient (Wildman–Crippen LogP) is 2.98. The van der Waals surface area contributed by atoms with Crippen molar-refractivity contribution in [1.29, 1.82) is 0 Å². The van der Waals surface area contributed by atoms with Crippen molar-refractivity contribution in [3.05, 3.63) is 35.2 Å². The number of hydrogen-bond acceptors (Lipinski definition) is 4. The quantitative estimate of drug-likeness (QED) is 0.928. The molecular weight excluding hydrogens is 252 g/mol. The first-order chi connectivity index (χ1) is 8.90. The molecule has 1 heterocycles. The van der Waals surface area contributed by atoms with E-state index in [1.807, 2.05) is 13.8 Å². The molecule has 0 saturated heterocycles. The van der Waals surface area contributed by atoms with Gasteiger partial charge in [0.05, 0.1) is 11.6 Å². The minimum atomic E-state index is -0.739. The molecular formula is C13H15F2N3O. The maximum absolute atomic E-state index is 13.7. The smallest absolute Gasteiger partial charge is 0.260 e. The van der Waals surface area contributed by atoms with Gasteiger partial charge in [-0.25, -0.2) is 8.78 Å². The minimum Gasteiger partial charge on any atom is -0.334 e. The van der Waals surface area contributed by atoms with Crippen molar-refractivity contribution in [2.45, 2.75) is 26.8 Å². The lowest BCUT2D eigenvalue weighted by Crippen LogP contribution is -2.18. The number of nitrogens with two attached hydrogens (primary N) is 1. The van der Waals surface area contributed by atoms with Crippen molar-refractivity contribution in [3.63, 3.8) is 0 Å². The molecule has 1 aromatic carbocycles. The second-order valence-corrected chi connectivity index (χ2v) is 4.81. The average Bonchev–Trinajstić information content (AvgIpc) is 2.81. The summed E-state index contributed by atoms with van der Waals surface area (Å²) in [4.78, 5) is 4.07. The molecule has 0 aliphatic carbocycles. The molecule has 0 aliphatic heterocycles. The van der Waals surface area contributed by atoms with Crippen molar-refractivity contribution in [3.8, 4) is 11.5 Å². The number of benzene rings is 1. The Labute approximate surface area is 109 Å². The number of aryl methyl sites for hydroxylation is 1. The number of aromatic nitrogens is 2. The van der Waals surface area contributed by atoms with Gasteiger partial charge in [0.25, 0.3) is 5.89 Å². The van der Waals surface area contributed by atoms with E-state index < -0.39 is 11.6 Å². The maximum Gasteiger partial charge on any atom is 0.260 e. The highest BCUT2D eigenvalue weighted by Crippen LogP contribution is 2.26. The van der Waals surface area contributed by atoms with Gasteiger partial charge in [-0.2, -0.15) is 4.98 Å². The highest BCUT2D eigenvalue weighted by molar-refractivity contribution is 5.55. The zero-order valence-electron chi connectivity index (χ0n) is 10.9. The van der Waals surface area contributed by atoms with Crippen LogP contribution in [0.25, 0.3) is 11.5 Å². The van der Waals surface area contributed by atoms with Crippen molar-refractivity contribution in [2.75, 3.05) is 0 Å². The Morgan fingerprint density at radius 2 is 1.89 bits per heavy atom. The molecule has 1 atom stereocenters. The van der Waals surface area contributed by atoms with Gasteiger partial charge < -0.3 is 10.3 Å². The third-order valence-electron chi connectivity index (χ3n) is 2.94. The molecule has 2 N–H and O–H groups in total. The lowest BCUT2D eigenvalue weighted by atomic mass is 10.1. The molecule has 0 amide bonds. The molecule has 19 heavy (non-hydrogen) atoms. The van der Waals surface area contributed by atoms with E-state index in [-0.39, 0.29) is 23.4 Å². The standard InChI is InChI=1S/C13H15F2N3O/c1-6(2)11(16)12-17-13(19-18-12)8-4-7(3)9(14)5-10(8)15/h4-6,11H,16H2,1-3H3. The molecule has 1 aromatic heterocycles. The van der Waals surface area contributed by atoms with E-state index in [1.54, 1.807) is 0 Å². The Hall–Kier alpha value is -1.82. The van der Waals surface area contributed by atoms with Crippen LogP contribution in [0.5, 0.6) is 0 Å². The molecule has 0 spiro atoms. The fourth-order valence-corrected chi connectivity index (χ4v) is 1.60. The van der Waals surface area contributed by atoms with Crippen LogP contribution in [-0.2, 0) is 0 Å². The van der Waals surface area contributed by atoms with E-state index in [4.69, 9.17) is 10.3 Å². The van der Waals surface area contributed by atoms with Gasteiger partial charge >= 0.3 is 0 Å². The summed E-state index contributed by atoms with van der Waals surface area (Å²) in [5.41, 5.74) is 6.27. The van der Waals surface area contributed by atoms with Gasteiger partial charge in [-0.15, -0.1) is 0 Å². The molecule has 0 bridgehead atoms. The Bertz CT molecular complexity index is 596. The van der Waals surface area contributed by atoms with Crippen LogP contribution in [0.1, 0.15) is 31.3 Å². The van der Waals surface area contributed by atoms with Crippen LogP contribution in [0.3, 0.4) is 0 Å². The van der Waals surface area contributed by atoms with Crippen molar-refractivity contribution < 1.29 is 13.3 Å². The molecule has 6 heteroatoms. The molecule has 4 nitrogen and oxygen atoms in total. The summed E-state index contributed by atoms with van der Waals surface area (Å²) in [7, 11) is 0. The highest BCUT2D eigenvalue weighted by atomic mass is 19.1. The van der Waals surface area contributed by atoms with Gasteiger partial charge in [0.2, 0.25) is 0 Å². The summed E-state index contributed by atoms with van der Waals surface area (Å²) in [5.74, 6) is -0.903. The second-order valence-electron chi connectivity index (χ2n) is 4.81. The van der Waals surface area contributed by atoms with Crippen LogP contribution in [0, 0.1) is 24.5 Å². The van der Waals surface area contributed by atoms with Crippen LogP contribution < -0.4 is 5.73 Å². The Kier molecular flexibility index (Phi) is 3.61. The SMILES string of the molecule is Cc1cc(-c2nc(C(N)C(C)C)no2)c(F)cc1F. The van der Waals surface area contributed by atoms with E-state index in [2.05, 4.69) is 10.1 Å². The van der Waals surface area contributed by atoms with Gasteiger partial charge in [-0.05, 0) is 24.5 Å². The number of rotatable bonds is 3. The van der Waals surface area contributed by atoms with Crippen LogP contribution in [0.4, 0.5) is 8.78 Å². The molecule has 0 fully saturated rings. The first kappa shape index (κ1) is 13.6. The first-order valence-electron chi connectivity index (χ1n) is 5.95. The lowest BCUT2D eigenvalue weighted by Gasteiger charge is -2.09. The molecule has 0 aliphatic rings. The van der Waals surface area contributed by atoms with Crippen molar-refractivity contribution >= 4 is 0 Å². The molecule has 0 radical (unpaired) electrons. The maximum atomic E-state index is 13.7. The highest BCUT2D eigenvalue weighted by Gasteiger charge is 2.20. The normalized spacial score (nSPS) is 13.0. The summed E-state index contributed by atoms with van der Waals surface area (Å²) >= 11 is 0. The zero-order valence-corrected chi connectivity index (χ0v) is 10.9. The van der Waals surface area contributed by atoms with Gasteiger partial charge in [-0.3, -0.25) is 0 Å². The van der Waals surface area contributed by atoms with Crippen molar-refractivity contribution in [1.82, 2.24) is 10.1 Å². The summed E-state index contributed by atoms with van der Waals surface area (Å²) in [5, 5.41) is 3.74. The third kappa shape index (κ3) is 2.63. The monoisotopic (exact) mass is 267 g/mol. The summed E-state index contributed by atoms with van der Waals surface area (Å²) in [6, 6.07) is 1.75. The van der Waals surface area contributed by atoms with Crippen LogP contribution in [-0.4, -0.2) is 10.1 Å². The topological polar surface area (TPSA) is 64.9 Å². The van der Waals surface area contributed by atoms with Gasteiger partial charge in [0, 0.05) is 6.07 Å². The molecule has 102 valence electrons. The predicted molar refractivity (Wildman–Crippen MR) is 66.2 cm³/mol. The molecule has 1 unspecified atom stereocenters. The second kappa shape index (κ2) is 5.05. The number of halogens is 2. The van der Waals surface area contributed by atoms with Crippen LogP contribution >= 0.6 is 0 Å². The van der Waals surface area contributed by atoms with Crippen molar-refractivity contribution in [2.24, 2.45) is 11.7 Å². The Balaban J connectivity index is 2.41. The first-order valence-corrected chi connectivity index (χ1v) is 5.95. The average molecular weight is 267 g/mol. The van der Waals surface area contributed by atoms with E-state index in [0.29, 0.717) is 11.4 Å². The fraction of sp³-hybridized carbons (Fsp3) is 0.385. The van der Waals surface area contributed by atoms with Crippen LogP contribution in [0.2, 0.25) is 0 Å². The molecule has 0 saturated carbocycles. The third-order valence-corrected chi connectivity index (χ3v) is 2.94. The zero-order chi connectivity index (χ0) is 14.2. The summed E-state index contributed by atoms with van der Waals surface area (Å²) < 4.78 is 31.9. The summed E-state index contributed by atoms with van der Waals surface area (Å²) in [6.45, 7) is 5.38. The Morgan fingerprint density at radius 3 is 2.53 bits per heavy atom. The molecule has 2 aromatic rings. The van der Waals surface area contributed by atoms with Crippen LogP contribution in [0.15, 0.2) is 16.7 Å².